The van der Waals surface area contributed by atoms with Gasteiger partial charge in [0.15, 0.2) is 5.78 Å². The average molecular weight is 382 g/mol. The monoisotopic (exact) mass is 381 g/mol. The number of rotatable bonds is 2. The molecule has 1 aromatic heterocycles. The fourth-order valence-corrected chi connectivity index (χ4v) is 4.68. The Morgan fingerprint density at radius 2 is 2.18 bits per heavy atom. The van der Waals surface area contributed by atoms with E-state index < -0.39 is 0 Å². The summed E-state index contributed by atoms with van der Waals surface area (Å²) in [6.07, 6.45) is 2.24. The van der Waals surface area contributed by atoms with E-state index in [-0.39, 0.29) is 17.7 Å². The quantitative estimate of drug-likeness (QED) is 0.794. The fourth-order valence-electron chi connectivity index (χ4n) is 3.13. The molecule has 116 valence electrons. The number of carbonyl (C=O) groups excluding carboxylic acids is 2. The SMILES string of the molecule is COC(=O)C1=C(C)NC2=C(C(=O)CCC2)C1c1ccc(Br)s1. The smallest absolute Gasteiger partial charge is 0.336 e. The second kappa shape index (κ2) is 6.01. The van der Waals surface area contributed by atoms with Gasteiger partial charge in [-0.05, 0) is 47.8 Å². The number of esters is 1. The molecule has 0 bridgehead atoms. The Morgan fingerprint density at radius 3 is 2.82 bits per heavy atom. The molecule has 1 atom stereocenters. The van der Waals surface area contributed by atoms with Crippen LogP contribution in [0.15, 0.2) is 38.5 Å². The third-order valence-electron chi connectivity index (χ3n) is 4.06. The van der Waals surface area contributed by atoms with Crippen molar-refractivity contribution in [2.75, 3.05) is 7.11 Å². The Bertz CT molecular complexity index is 717. The molecular weight excluding hydrogens is 366 g/mol. The lowest BCUT2D eigenvalue weighted by atomic mass is 9.78. The molecule has 1 aliphatic heterocycles. The molecule has 0 fully saturated rings. The van der Waals surface area contributed by atoms with Crippen molar-refractivity contribution in [3.8, 4) is 0 Å². The third-order valence-corrected chi connectivity index (χ3v) is 5.75. The second-order valence-electron chi connectivity index (χ2n) is 5.40. The number of nitrogens with one attached hydrogen (secondary N) is 1. The van der Waals surface area contributed by atoms with Gasteiger partial charge in [0.1, 0.15) is 0 Å². The van der Waals surface area contributed by atoms with Crippen LogP contribution in [-0.2, 0) is 14.3 Å². The van der Waals surface area contributed by atoms with Gasteiger partial charge in [-0.25, -0.2) is 4.79 Å². The Balaban J connectivity index is 2.18. The average Bonchev–Trinajstić information content (AvgIpc) is 2.91. The van der Waals surface area contributed by atoms with Crippen molar-refractivity contribution in [1.29, 1.82) is 0 Å². The molecule has 4 nitrogen and oxygen atoms in total. The molecule has 1 aliphatic carbocycles. The Kier molecular flexibility index (Phi) is 4.23. The second-order valence-corrected chi connectivity index (χ2v) is 7.89. The van der Waals surface area contributed by atoms with Crippen molar-refractivity contribution in [3.63, 3.8) is 0 Å². The lowest BCUT2D eigenvalue weighted by molar-refractivity contribution is -0.136. The molecule has 1 N–H and O–H groups in total. The standard InChI is InChI=1S/C16H16BrNO3S/c1-8-13(16(20)21-2)15(11-6-7-12(17)22-11)14-9(18-8)4-3-5-10(14)19/h6-7,15,18H,3-5H2,1-2H3. The van der Waals surface area contributed by atoms with E-state index in [0.29, 0.717) is 12.0 Å². The number of halogens is 1. The summed E-state index contributed by atoms with van der Waals surface area (Å²) < 4.78 is 5.94. The predicted molar refractivity (Wildman–Crippen MR) is 88.5 cm³/mol. The molecule has 0 saturated heterocycles. The van der Waals surface area contributed by atoms with Gasteiger partial charge in [0.05, 0.1) is 22.4 Å². The highest BCUT2D eigenvalue weighted by molar-refractivity contribution is 9.11. The number of ether oxygens (including phenoxy) is 1. The lowest BCUT2D eigenvalue weighted by Gasteiger charge is -2.33. The van der Waals surface area contributed by atoms with Crippen molar-refractivity contribution in [2.45, 2.75) is 32.1 Å². The zero-order chi connectivity index (χ0) is 15.9. The first-order chi connectivity index (χ1) is 10.5. The molecule has 0 radical (unpaired) electrons. The van der Waals surface area contributed by atoms with E-state index in [4.69, 9.17) is 4.74 Å². The number of Topliss-reactive ketones (excluding diaryl/α,β-unsaturated/α-hetero) is 1. The minimum Gasteiger partial charge on any atom is -0.466 e. The molecule has 2 heterocycles. The summed E-state index contributed by atoms with van der Waals surface area (Å²) in [5.74, 6) is -0.588. The summed E-state index contributed by atoms with van der Waals surface area (Å²) in [4.78, 5) is 25.8. The van der Waals surface area contributed by atoms with Gasteiger partial charge in [-0.1, -0.05) is 0 Å². The maximum atomic E-state index is 12.5. The van der Waals surface area contributed by atoms with Gasteiger partial charge in [0.25, 0.3) is 0 Å². The van der Waals surface area contributed by atoms with Gasteiger partial charge < -0.3 is 10.1 Å². The molecule has 0 amide bonds. The number of hydrogen-bond donors (Lipinski definition) is 1. The van der Waals surface area contributed by atoms with Crippen LogP contribution in [0.3, 0.4) is 0 Å². The molecule has 6 heteroatoms. The maximum absolute atomic E-state index is 12.5. The zero-order valence-corrected chi connectivity index (χ0v) is 14.8. The van der Waals surface area contributed by atoms with Crippen molar-refractivity contribution in [3.05, 3.63) is 43.3 Å². The number of allylic oxidation sites excluding steroid dienone is 3. The van der Waals surface area contributed by atoms with Gasteiger partial charge >= 0.3 is 5.97 Å². The van der Waals surface area contributed by atoms with Crippen molar-refractivity contribution >= 4 is 39.0 Å². The lowest BCUT2D eigenvalue weighted by Crippen LogP contribution is -2.33. The fraction of sp³-hybridized carbons (Fsp3) is 0.375. The van der Waals surface area contributed by atoms with Crippen molar-refractivity contribution in [2.24, 2.45) is 0 Å². The molecule has 2 aliphatic rings. The molecule has 0 spiro atoms. The molecule has 1 unspecified atom stereocenters. The number of dihydropyridines is 1. The van der Waals surface area contributed by atoms with E-state index in [0.717, 1.165) is 38.5 Å². The number of thiophene rings is 1. The minimum absolute atomic E-state index is 0.122. The number of ketones is 1. The first kappa shape index (κ1) is 15.5. The van der Waals surface area contributed by atoms with Crippen LogP contribution in [0, 0.1) is 0 Å². The van der Waals surface area contributed by atoms with Gasteiger partial charge in [0.2, 0.25) is 0 Å². The predicted octanol–water partition coefficient (Wildman–Crippen LogP) is 3.65. The summed E-state index contributed by atoms with van der Waals surface area (Å²) >= 11 is 5.01. The molecule has 0 aromatic carbocycles. The minimum atomic E-state index is -0.385. The van der Waals surface area contributed by atoms with Gasteiger partial charge in [0, 0.05) is 28.3 Å². The van der Waals surface area contributed by atoms with Gasteiger partial charge in [-0.15, -0.1) is 11.3 Å². The van der Waals surface area contributed by atoms with Crippen LogP contribution < -0.4 is 5.32 Å². The van der Waals surface area contributed by atoms with Crippen LogP contribution in [0.1, 0.15) is 37.0 Å². The van der Waals surface area contributed by atoms with Crippen molar-refractivity contribution < 1.29 is 14.3 Å². The molecule has 22 heavy (non-hydrogen) atoms. The molecule has 0 saturated carbocycles. The van der Waals surface area contributed by atoms with E-state index in [9.17, 15) is 9.59 Å². The highest BCUT2D eigenvalue weighted by Gasteiger charge is 2.39. The third kappa shape index (κ3) is 2.54. The van der Waals surface area contributed by atoms with Crippen molar-refractivity contribution in [1.82, 2.24) is 5.32 Å². The summed E-state index contributed by atoms with van der Waals surface area (Å²) in [5, 5.41) is 3.25. The topological polar surface area (TPSA) is 55.4 Å². The zero-order valence-electron chi connectivity index (χ0n) is 12.4. The van der Waals surface area contributed by atoms with Crippen LogP contribution in [0.4, 0.5) is 0 Å². The number of carbonyl (C=O) groups is 2. The number of hydrogen-bond acceptors (Lipinski definition) is 5. The van der Waals surface area contributed by atoms with Gasteiger partial charge in [-0.2, -0.15) is 0 Å². The van der Waals surface area contributed by atoms with E-state index in [1.165, 1.54) is 7.11 Å². The first-order valence-corrected chi connectivity index (χ1v) is 8.71. The summed E-state index contributed by atoms with van der Waals surface area (Å²) in [6, 6.07) is 3.91. The summed E-state index contributed by atoms with van der Waals surface area (Å²) in [6.45, 7) is 1.87. The van der Waals surface area contributed by atoms with Crippen LogP contribution in [0.5, 0.6) is 0 Å². The largest absolute Gasteiger partial charge is 0.466 e. The van der Waals surface area contributed by atoms with Crippen LogP contribution in [0.2, 0.25) is 0 Å². The van der Waals surface area contributed by atoms with E-state index >= 15 is 0 Å². The van der Waals surface area contributed by atoms with E-state index in [2.05, 4.69) is 21.2 Å². The Hall–Kier alpha value is -1.40. The normalized spacial score (nSPS) is 21.6. The Labute approximate surface area is 141 Å². The molecule has 1 aromatic rings. The maximum Gasteiger partial charge on any atom is 0.336 e. The highest BCUT2D eigenvalue weighted by Crippen LogP contribution is 2.45. The van der Waals surface area contributed by atoms with E-state index in [1.54, 1.807) is 11.3 Å². The van der Waals surface area contributed by atoms with Crippen LogP contribution in [-0.4, -0.2) is 18.9 Å². The summed E-state index contributed by atoms with van der Waals surface area (Å²) in [5.41, 5.74) is 2.99. The van der Waals surface area contributed by atoms with Crippen LogP contribution in [0.25, 0.3) is 0 Å². The van der Waals surface area contributed by atoms with E-state index in [1.807, 2.05) is 19.1 Å². The summed E-state index contributed by atoms with van der Waals surface area (Å²) in [7, 11) is 1.37. The van der Waals surface area contributed by atoms with Crippen LogP contribution >= 0.6 is 27.3 Å². The molecule has 3 rings (SSSR count). The first-order valence-electron chi connectivity index (χ1n) is 7.10. The number of methoxy groups -OCH3 is 1. The molecular formula is C16H16BrNO3S. The Morgan fingerprint density at radius 1 is 1.41 bits per heavy atom. The van der Waals surface area contributed by atoms with Gasteiger partial charge in [-0.3, -0.25) is 4.79 Å². The highest BCUT2D eigenvalue weighted by atomic mass is 79.9.